The highest BCUT2D eigenvalue weighted by atomic mass is 79.9. The van der Waals surface area contributed by atoms with E-state index >= 15 is 0 Å². The summed E-state index contributed by atoms with van der Waals surface area (Å²) in [4.78, 5) is 0.837. The van der Waals surface area contributed by atoms with Crippen LogP contribution in [-0.2, 0) is 0 Å². The third-order valence-electron chi connectivity index (χ3n) is 2.62. The van der Waals surface area contributed by atoms with E-state index in [-0.39, 0.29) is 6.42 Å². The maximum absolute atomic E-state index is 12.7. The Bertz CT molecular complexity index is 379. The maximum Gasteiger partial charge on any atom is 0.404 e. The number of alkyl halides is 3. The van der Waals surface area contributed by atoms with Crippen LogP contribution in [0, 0.1) is 0 Å². The first-order valence-electron chi connectivity index (χ1n) is 5.24. The summed E-state index contributed by atoms with van der Waals surface area (Å²) in [7, 11) is 0. The second-order valence-corrected chi connectivity index (χ2v) is 5.92. The minimum atomic E-state index is -4.13. The molecule has 1 fully saturated rings. The first-order chi connectivity index (χ1) is 7.97. The minimum Gasteiger partial charge on any atom is -0.234 e. The standard InChI is InChI=1S/C11H11BrF3NS/c12-8-3-5-9(6-4-8)17-16-7-1-2-10(16)11(13,14)15/h3-6,10H,1-2,7H2. The van der Waals surface area contributed by atoms with E-state index in [2.05, 4.69) is 15.9 Å². The monoisotopic (exact) mass is 325 g/mol. The lowest BCUT2D eigenvalue weighted by molar-refractivity contribution is -0.163. The molecule has 0 bridgehead atoms. The van der Waals surface area contributed by atoms with Crippen LogP contribution in [-0.4, -0.2) is 23.1 Å². The number of hydrogen-bond donors (Lipinski definition) is 0. The molecule has 1 aromatic carbocycles. The van der Waals surface area contributed by atoms with Crippen molar-refractivity contribution >= 4 is 27.9 Å². The van der Waals surface area contributed by atoms with Crippen molar-refractivity contribution < 1.29 is 13.2 Å². The molecular formula is C11H11BrF3NS. The van der Waals surface area contributed by atoms with Crippen LogP contribution < -0.4 is 0 Å². The number of halogens is 4. The van der Waals surface area contributed by atoms with Gasteiger partial charge in [0.15, 0.2) is 0 Å². The lowest BCUT2D eigenvalue weighted by Gasteiger charge is -2.25. The fourth-order valence-corrected chi connectivity index (χ4v) is 3.17. The van der Waals surface area contributed by atoms with Crippen molar-refractivity contribution in [1.29, 1.82) is 0 Å². The van der Waals surface area contributed by atoms with Gasteiger partial charge in [0.25, 0.3) is 0 Å². The molecule has 1 saturated heterocycles. The second kappa shape index (κ2) is 5.20. The third kappa shape index (κ3) is 3.39. The van der Waals surface area contributed by atoms with Gasteiger partial charge in [-0.05, 0) is 49.1 Å². The SMILES string of the molecule is FC(F)(F)C1CCCN1Sc1ccc(Br)cc1. The van der Waals surface area contributed by atoms with Gasteiger partial charge in [0.2, 0.25) is 0 Å². The molecule has 0 aromatic heterocycles. The lowest BCUT2D eigenvalue weighted by Crippen LogP contribution is -2.37. The molecule has 1 heterocycles. The smallest absolute Gasteiger partial charge is 0.234 e. The Labute approximate surface area is 111 Å². The van der Waals surface area contributed by atoms with Crippen LogP contribution in [0.25, 0.3) is 0 Å². The van der Waals surface area contributed by atoms with E-state index in [1.165, 1.54) is 16.3 Å². The van der Waals surface area contributed by atoms with Crippen LogP contribution in [0.5, 0.6) is 0 Å². The van der Waals surface area contributed by atoms with Crippen molar-refractivity contribution in [3.8, 4) is 0 Å². The Balaban J connectivity index is 2.05. The third-order valence-corrected chi connectivity index (χ3v) is 4.30. The molecule has 0 amide bonds. The van der Waals surface area contributed by atoms with Gasteiger partial charge in [-0.25, -0.2) is 4.31 Å². The van der Waals surface area contributed by atoms with Crippen LogP contribution >= 0.6 is 27.9 Å². The predicted molar refractivity (Wildman–Crippen MR) is 65.8 cm³/mol. The average molecular weight is 326 g/mol. The van der Waals surface area contributed by atoms with Gasteiger partial charge < -0.3 is 0 Å². The van der Waals surface area contributed by atoms with Crippen molar-refractivity contribution in [3.63, 3.8) is 0 Å². The first-order valence-corrected chi connectivity index (χ1v) is 6.80. The molecular weight excluding hydrogens is 315 g/mol. The molecule has 1 nitrogen and oxygen atoms in total. The molecule has 1 aliphatic heterocycles. The summed E-state index contributed by atoms with van der Waals surface area (Å²) in [5.74, 6) is 0. The second-order valence-electron chi connectivity index (χ2n) is 3.89. The highest BCUT2D eigenvalue weighted by Gasteiger charge is 2.46. The molecule has 0 saturated carbocycles. The Morgan fingerprint density at radius 2 is 1.88 bits per heavy atom. The Kier molecular flexibility index (Phi) is 4.05. The quantitative estimate of drug-likeness (QED) is 0.737. The predicted octanol–water partition coefficient (Wildman–Crippen LogP) is 4.48. The van der Waals surface area contributed by atoms with Crippen molar-refractivity contribution in [3.05, 3.63) is 28.7 Å². The van der Waals surface area contributed by atoms with E-state index in [4.69, 9.17) is 0 Å². The zero-order valence-electron chi connectivity index (χ0n) is 8.88. The molecule has 0 radical (unpaired) electrons. The maximum atomic E-state index is 12.7. The van der Waals surface area contributed by atoms with Crippen LogP contribution in [0.3, 0.4) is 0 Å². The molecule has 0 aliphatic carbocycles. The highest BCUT2D eigenvalue weighted by Crippen LogP contribution is 2.39. The van der Waals surface area contributed by atoms with Gasteiger partial charge in [-0.3, -0.25) is 0 Å². The summed E-state index contributed by atoms with van der Waals surface area (Å²) in [5, 5.41) is 0. The molecule has 17 heavy (non-hydrogen) atoms. The van der Waals surface area contributed by atoms with Gasteiger partial charge in [-0.2, -0.15) is 13.2 Å². The van der Waals surface area contributed by atoms with Crippen molar-refractivity contribution in [2.24, 2.45) is 0 Å². The van der Waals surface area contributed by atoms with E-state index in [0.717, 1.165) is 9.37 Å². The van der Waals surface area contributed by atoms with Gasteiger partial charge in [-0.1, -0.05) is 15.9 Å². The molecule has 1 unspecified atom stereocenters. The normalized spacial score (nSPS) is 22.0. The summed E-state index contributed by atoms with van der Waals surface area (Å²) in [6.45, 7) is 0.491. The molecule has 0 N–H and O–H groups in total. The van der Waals surface area contributed by atoms with E-state index in [1.807, 2.05) is 24.3 Å². The highest BCUT2D eigenvalue weighted by molar-refractivity contribution is 9.10. The Morgan fingerprint density at radius 1 is 1.24 bits per heavy atom. The molecule has 2 rings (SSSR count). The van der Waals surface area contributed by atoms with E-state index in [9.17, 15) is 13.2 Å². The largest absolute Gasteiger partial charge is 0.404 e. The van der Waals surface area contributed by atoms with Crippen molar-refractivity contribution in [2.45, 2.75) is 30.0 Å². The summed E-state index contributed by atoms with van der Waals surface area (Å²) in [6.07, 6.45) is -3.32. The number of nitrogens with zero attached hydrogens (tertiary/aromatic N) is 1. The Morgan fingerprint density at radius 3 is 2.47 bits per heavy atom. The summed E-state index contributed by atoms with van der Waals surface area (Å²) >= 11 is 4.49. The molecule has 1 atom stereocenters. The van der Waals surface area contributed by atoms with E-state index < -0.39 is 12.2 Å². The van der Waals surface area contributed by atoms with Crippen LogP contribution in [0.4, 0.5) is 13.2 Å². The summed E-state index contributed by atoms with van der Waals surface area (Å²) in [5.41, 5.74) is 0. The number of benzene rings is 1. The van der Waals surface area contributed by atoms with Gasteiger partial charge >= 0.3 is 6.18 Å². The Hall–Kier alpha value is -0.200. The molecule has 0 spiro atoms. The van der Waals surface area contributed by atoms with Gasteiger partial charge in [0, 0.05) is 15.9 Å². The van der Waals surface area contributed by atoms with Crippen LogP contribution in [0.1, 0.15) is 12.8 Å². The lowest BCUT2D eigenvalue weighted by atomic mass is 10.2. The fraction of sp³-hybridized carbons (Fsp3) is 0.455. The molecule has 1 aliphatic rings. The summed E-state index contributed by atoms with van der Waals surface area (Å²) < 4.78 is 40.5. The average Bonchev–Trinajstić information content (AvgIpc) is 2.69. The minimum absolute atomic E-state index is 0.201. The van der Waals surface area contributed by atoms with E-state index in [1.54, 1.807) is 0 Å². The molecule has 1 aromatic rings. The summed E-state index contributed by atoms with van der Waals surface area (Å²) in [6, 6.07) is 6.00. The fourth-order valence-electron chi connectivity index (χ4n) is 1.81. The van der Waals surface area contributed by atoms with Crippen molar-refractivity contribution in [1.82, 2.24) is 4.31 Å². The number of hydrogen-bond acceptors (Lipinski definition) is 2. The zero-order valence-corrected chi connectivity index (χ0v) is 11.3. The van der Waals surface area contributed by atoms with Crippen molar-refractivity contribution in [2.75, 3.05) is 6.54 Å². The zero-order chi connectivity index (χ0) is 12.5. The molecule has 6 heteroatoms. The first kappa shape index (κ1) is 13.2. The molecule has 94 valence electrons. The van der Waals surface area contributed by atoms with Crippen LogP contribution in [0.2, 0.25) is 0 Å². The topological polar surface area (TPSA) is 3.24 Å². The van der Waals surface area contributed by atoms with Gasteiger partial charge in [-0.15, -0.1) is 0 Å². The van der Waals surface area contributed by atoms with Gasteiger partial charge in [0.05, 0.1) is 0 Å². The van der Waals surface area contributed by atoms with Gasteiger partial charge in [0.1, 0.15) is 6.04 Å². The van der Waals surface area contributed by atoms with E-state index in [0.29, 0.717) is 13.0 Å². The number of rotatable bonds is 2. The van der Waals surface area contributed by atoms with Crippen LogP contribution in [0.15, 0.2) is 33.6 Å².